The molecule has 1 aliphatic heterocycles. The van der Waals surface area contributed by atoms with E-state index in [1.165, 1.54) is 12.1 Å². The molecule has 0 spiro atoms. The smallest absolute Gasteiger partial charge is 0.416 e. The van der Waals surface area contributed by atoms with Gasteiger partial charge in [0.05, 0.1) is 21.8 Å². The summed E-state index contributed by atoms with van der Waals surface area (Å²) in [7, 11) is 1.86. The zero-order valence-corrected chi connectivity index (χ0v) is 25.4. The third-order valence-electron chi connectivity index (χ3n) is 7.20. The van der Waals surface area contributed by atoms with Crippen LogP contribution in [0.1, 0.15) is 17.0 Å². The number of aromatic nitrogens is 2. The third-order valence-corrected chi connectivity index (χ3v) is 8.18. The highest BCUT2D eigenvalue weighted by Gasteiger charge is 2.32. The molecule has 10 nitrogen and oxygen atoms in total. The molecule has 1 aliphatic rings. The molecule has 1 atom stereocenters. The van der Waals surface area contributed by atoms with Gasteiger partial charge in [-0.2, -0.15) is 13.2 Å². The van der Waals surface area contributed by atoms with E-state index in [9.17, 15) is 27.6 Å². The maximum absolute atomic E-state index is 13.0. The Balaban J connectivity index is 1.06. The molecule has 14 heteroatoms. The number of carbonyl (C=O) groups excluding carboxylic acids is 3. The van der Waals surface area contributed by atoms with E-state index in [0.29, 0.717) is 35.2 Å². The van der Waals surface area contributed by atoms with Gasteiger partial charge in [0.25, 0.3) is 5.24 Å². The average Bonchev–Trinajstić information content (AvgIpc) is 3.52. The molecular formula is C33H26F3N5O5S. The fraction of sp³-hybridized carbons (Fsp3) is 0.152. The lowest BCUT2D eigenvalue weighted by atomic mass is 10.1. The van der Waals surface area contributed by atoms with Crippen molar-refractivity contribution in [3.63, 3.8) is 0 Å². The molecule has 0 radical (unpaired) electrons. The van der Waals surface area contributed by atoms with E-state index in [0.717, 1.165) is 40.5 Å². The lowest BCUT2D eigenvalue weighted by Gasteiger charge is -2.12. The minimum absolute atomic E-state index is 0.00190. The van der Waals surface area contributed by atoms with Crippen molar-refractivity contribution in [3.8, 4) is 17.2 Å². The van der Waals surface area contributed by atoms with Crippen molar-refractivity contribution < 1.29 is 37.0 Å². The van der Waals surface area contributed by atoms with Crippen molar-refractivity contribution in [2.24, 2.45) is 7.05 Å². The molecule has 47 heavy (non-hydrogen) atoms. The van der Waals surface area contributed by atoms with Crippen LogP contribution in [0.2, 0.25) is 0 Å². The number of alkyl halides is 3. The summed E-state index contributed by atoms with van der Waals surface area (Å²) in [6.45, 7) is 0.201. The molecule has 4 aromatic carbocycles. The van der Waals surface area contributed by atoms with Crippen molar-refractivity contribution in [2.45, 2.75) is 24.5 Å². The van der Waals surface area contributed by atoms with Gasteiger partial charge in [-0.25, -0.2) is 9.78 Å². The third kappa shape index (κ3) is 7.66. The van der Waals surface area contributed by atoms with E-state index in [4.69, 9.17) is 9.47 Å². The number of imide groups is 1. The largest absolute Gasteiger partial charge is 0.486 e. The van der Waals surface area contributed by atoms with Gasteiger partial charge in [-0.05, 0) is 66.6 Å². The molecule has 1 saturated heterocycles. The highest BCUT2D eigenvalue weighted by Crippen LogP contribution is 2.31. The van der Waals surface area contributed by atoms with E-state index in [-0.39, 0.29) is 23.4 Å². The normalized spacial score (nSPS) is 14.6. The van der Waals surface area contributed by atoms with E-state index in [1.807, 2.05) is 35.9 Å². The number of aryl methyl sites for hydroxylation is 1. The maximum Gasteiger partial charge on any atom is 0.416 e. The second-order valence-electron chi connectivity index (χ2n) is 10.5. The molecule has 4 amide bonds. The van der Waals surface area contributed by atoms with Crippen LogP contribution in [0.5, 0.6) is 17.2 Å². The molecule has 2 heterocycles. The van der Waals surface area contributed by atoms with Crippen LogP contribution in [0.15, 0.2) is 91.0 Å². The lowest BCUT2D eigenvalue weighted by Crippen LogP contribution is -2.25. The molecule has 1 aromatic heterocycles. The van der Waals surface area contributed by atoms with Crippen LogP contribution in [0.3, 0.4) is 0 Å². The minimum Gasteiger partial charge on any atom is -0.486 e. The summed E-state index contributed by atoms with van der Waals surface area (Å²) in [6.07, 6.45) is -4.08. The first kappa shape index (κ1) is 31.5. The van der Waals surface area contributed by atoms with Crippen molar-refractivity contribution in [3.05, 3.63) is 108 Å². The molecule has 0 aliphatic carbocycles. The summed E-state index contributed by atoms with van der Waals surface area (Å²) in [4.78, 5) is 40.3. The summed E-state index contributed by atoms with van der Waals surface area (Å²) >= 11 is 0.994. The number of hydrogen-bond acceptors (Lipinski definition) is 7. The molecule has 0 saturated carbocycles. The second-order valence-corrected chi connectivity index (χ2v) is 11.7. The Bertz CT molecular complexity index is 1980. The van der Waals surface area contributed by atoms with Crippen molar-refractivity contribution in [2.75, 3.05) is 10.6 Å². The SMILES string of the molecule is Cn1c(COc2ccc(CC3SC(=O)NC3=O)cc2)nc2ccc(Oc3cccc(NC(=O)Nc4cccc(C(F)(F)F)c4)c3)cc21. The topological polar surface area (TPSA) is 124 Å². The highest BCUT2D eigenvalue weighted by atomic mass is 32.2. The van der Waals surface area contributed by atoms with E-state index in [1.54, 1.807) is 42.5 Å². The first-order valence-corrected chi connectivity index (χ1v) is 15.1. The van der Waals surface area contributed by atoms with E-state index < -0.39 is 23.0 Å². The standard InChI is InChI=1S/C33H26F3N5O5S/c1-41-27-17-25(46-24-7-3-6-22(16-24)38-31(43)37-21-5-2-4-20(15-21)33(34,35)36)12-13-26(27)39-29(41)18-45-23-10-8-19(9-11-23)14-28-30(42)40-32(44)47-28/h2-13,15-17,28H,14,18H2,1H3,(H2,37,38,43)(H,40,42,44). The zero-order chi connectivity index (χ0) is 33.1. The van der Waals surface area contributed by atoms with Gasteiger partial charge in [0.2, 0.25) is 5.91 Å². The molecule has 6 rings (SSSR count). The van der Waals surface area contributed by atoms with Crippen LogP contribution in [-0.4, -0.2) is 32.0 Å². The van der Waals surface area contributed by atoms with Gasteiger partial charge in [-0.1, -0.05) is 36.0 Å². The fourth-order valence-electron chi connectivity index (χ4n) is 4.86. The monoisotopic (exact) mass is 661 g/mol. The number of fused-ring (bicyclic) bond motifs is 1. The number of carbonyl (C=O) groups is 3. The van der Waals surface area contributed by atoms with Gasteiger partial charge in [0.1, 0.15) is 29.7 Å². The number of amides is 4. The van der Waals surface area contributed by atoms with Gasteiger partial charge in [0.15, 0.2) is 0 Å². The minimum atomic E-state index is -4.52. The maximum atomic E-state index is 13.0. The first-order chi connectivity index (χ1) is 22.5. The molecule has 0 bridgehead atoms. The van der Waals surface area contributed by atoms with Crippen molar-refractivity contribution >= 4 is 51.3 Å². The van der Waals surface area contributed by atoms with E-state index >= 15 is 0 Å². The highest BCUT2D eigenvalue weighted by molar-refractivity contribution is 8.15. The number of halogens is 3. The number of thioether (sulfide) groups is 1. The van der Waals surface area contributed by atoms with Crippen LogP contribution in [0.25, 0.3) is 11.0 Å². The number of nitrogens with zero attached hydrogens (tertiary/aromatic N) is 2. The van der Waals surface area contributed by atoms with Crippen molar-refractivity contribution in [1.82, 2.24) is 14.9 Å². The van der Waals surface area contributed by atoms with Crippen LogP contribution < -0.4 is 25.4 Å². The summed E-state index contributed by atoms with van der Waals surface area (Å²) in [6, 6.07) is 23.0. The molecule has 5 aromatic rings. The van der Waals surface area contributed by atoms with Gasteiger partial charge in [-0.3, -0.25) is 14.9 Å². The van der Waals surface area contributed by atoms with Crippen LogP contribution >= 0.6 is 11.8 Å². The number of anilines is 2. The first-order valence-electron chi connectivity index (χ1n) is 14.2. The number of rotatable bonds is 9. The number of nitrogens with one attached hydrogen (secondary N) is 3. The predicted octanol–water partition coefficient (Wildman–Crippen LogP) is 7.50. The Labute approximate surface area is 270 Å². The number of urea groups is 1. The predicted molar refractivity (Wildman–Crippen MR) is 171 cm³/mol. The van der Waals surface area contributed by atoms with Crippen LogP contribution in [-0.2, 0) is 31.0 Å². The van der Waals surface area contributed by atoms with Crippen LogP contribution in [0, 0.1) is 0 Å². The van der Waals surface area contributed by atoms with Gasteiger partial charge in [0, 0.05) is 30.6 Å². The Morgan fingerprint density at radius 3 is 2.30 bits per heavy atom. The second kappa shape index (κ2) is 13.1. The number of ether oxygens (including phenoxy) is 2. The molecule has 1 fully saturated rings. The van der Waals surface area contributed by atoms with Gasteiger partial charge in [-0.15, -0.1) is 0 Å². The summed E-state index contributed by atoms with van der Waals surface area (Å²) in [5, 5.41) is 6.53. The number of imidazole rings is 1. The fourth-order valence-corrected chi connectivity index (χ4v) is 5.72. The lowest BCUT2D eigenvalue weighted by molar-refractivity contribution is -0.137. The summed E-state index contributed by atoms with van der Waals surface area (Å²) in [5.74, 6) is 1.97. The Hall–Kier alpha value is -5.50. The summed E-state index contributed by atoms with van der Waals surface area (Å²) in [5.41, 5.74) is 1.95. The van der Waals surface area contributed by atoms with E-state index in [2.05, 4.69) is 20.9 Å². The molecule has 3 N–H and O–H groups in total. The Kier molecular flexibility index (Phi) is 8.76. The quantitative estimate of drug-likeness (QED) is 0.149. The number of benzene rings is 4. The molecule has 1 unspecified atom stereocenters. The van der Waals surface area contributed by atoms with Crippen molar-refractivity contribution in [1.29, 1.82) is 0 Å². The van der Waals surface area contributed by atoms with Gasteiger partial charge < -0.3 is 24.7 Å². The van der Waals surface area contributed by atoms with Gasteiger partial charge >= 0.3 is 12.2 Å². The Morgan fingerprint density at radius 2 is 1.60 bits per heavy atom. The molecular weight excluding hydrogens is 635 g/mol. The Morgan fingerprint density at radius 1 is 0.915 bits per heavy atom. The summed E-state index contributed by atoms with van der Waals surface area (Å²) < 4.78 is 52.8. The number of hydrogen-bond donors (Lipinski definition) is 3. The molecule has 240 valence electrons. The zero-order valence-electron chi connectivity index (χ0n) is 24.6. The van der Waals surface area contributed by atoms with Crippen LogP contribution in [0.4, 0.5) is 34.1 Å². The average molecular weight is 662 g/mol.